The summed E-state index contributed by atoms with van der Waals surface area (Å²) in [6, 6.07) is 0. The standard InChI is InChI=1S/C4H8O4/c1-3(5)4(6)2-8-7/h5-7H,2H2,1H3/b4-3-. The van der Waals surface area contributed by atoms with E-state index in [2.05, 4.69) is 4.89 Å². The van der Waals surface area contributed by atoms with Gasteiger partial charge in [0, 0.05) is 0 Å². The van der Waals surface area contributed by atoms with Crippen LogP contribution in [0.15, 0.2) is 11.5 Å². The summed E-state index contributed by atoms with van der Waals surface area (Å²) in [5.41, 5.74) is 0. The Labute approximate surface area is 46.6 Å². The Morgan fingerprint density at radius 3 is 2.12 bits per heavy atom. The van der Waals surface area contributed by atoms with Crippen LogP contribution in [-0.4, -0.2) is 22.1 Å². The van der Waals surface area contributed by atoms with Crippen LogP contribution in [0.4, 0.5) is 0 Å². The lowest BCUT2D eigenvalue weighted by molar-refractivity contribution is -0.239. The van der Waals surface area contributed by atoms with E-state index in [1.165, 1.54) is 6.92 Å². The van der Waals surface area contributed by atoms with Crippen LogP contribution >= 0.6 is 0 Å². The normalized spacial score (nSPS) is 13.2. The number of rotatable bonds is 2. The Hall–Kier alpha value is -0.740. The van der Waals surface area contributed by atoms with Crippen LogP contribution in [0.2, 0.25) is 0 Å². The average Bonchev–Trinajstić information content (AvgIpc) is 1.67. The van der Waals surface area contributed by atoms with E-state index in [9.17, 15) is 0 Å². The van der Waals surface area contributed by atoms with Gasteiger partial charge in [0.1, 0.15) is 12.4 Å². The molecule has 0 aromatic carbocycles. The van der Waals surface area contributed by atoms with Gasteiger partial charge in [-0.3, -0.25) is 5.26 Å². The second-order valence-corrected chi connectivity index (χ2v) is 1.31. The first kappa shape index (κ1) is 7.26. The van der Waals surface area contributed by atoms with Crippen molar-refractivity contribution >= 4 is 0 Å². The minimum atomic E-state index is -0.373. The van der Waals surface area contributed by atoms with Gasteiger partial charge in [0.2, 0.25) is 0 Å². The zero-order chi connectivity index (χ0) is 6.57. The summed E-state index contributed by atoms with van der Waals surface area (Å²) in [6.07, 6.45) is 0. The minimum Gasteiger partial charge on any atom is -0.509 e. The van der Waals surface area contributed by atoms with Crippen LogP contribution in [0.5, 0.6) is 0 Å². The number of aliphatic hydroxyl groups excluding tert-OH is 2. The maximum atomic E-state index is 8.47. The molecule has 0 saturated carbocycles. The van der Waals surface area contributed by atoms with Gasteiger partial charge in [0.05, 0.1) is 0 Å². The molecular weight excluding hydrogens is 112 g/mol. The Balaban J connectivity index is 3.62. The van der Waals surface area contributed by atoms with E-state index >= 15 is 0 Å². The third-order valence-electron chi connectivity index (χ3n) is 0.619. The van der Waals surface area contributed by atoms with Gasteiger partial charge in [-0.05, 0) is 6.92 Å². The SMILES string of the molecule is C/C(O)=C(/O)COO. The van der Waals surface area contributed by atoms with Gasteiger partial charge in [-0.25, -0.2) is 4.89 Å². The van der Waals surface area contributed by atoms with Gasteiger partial charge in [-0.2, -0.15) is 0 Å². The third-order valence-corrected chi connectivity index (χ3v) is 0.619. The van der Waals surface area contributed by atoms with Gasteiger partial charge in [0.25, 0.3) is 0 Å². The van der Waals surface area contributed by atoms with Crippen LogP contribution in [0.1, 0.15) is 6.92 Å². The lowest BCUT2D eigenvalue weighted by Crippen LogP contribution is -1.95. The Morgan fingerprint density at radius 2 is 2.00 bits per heavy atom. The number of hydrogen-bond acceptors (Lipinski definition) is 4. The van der Waals surface area contributed by atoms with Crippen LogP contribution in [0.3, 0.4) is 0 Å². The smallest absolute Gasteiger partial charge is 0.158 e. The van der Waals surface area contributed by atoms with Gasteiger partial charge in [-0.1, -0.05) is 0 Å². The predicted molar refractivity (Wildman–Crippen MR) is 26.5 cm³/mol. The molecule has 48 valence electrons. The molecule has 0 aliphatic rings. The molecule has 0 amide bonds. The Bertz CT molecular complexity index is 92.2. The number of aliphatic hydroxyl groups is 2. The van der Waals surface area contributed by atoms with E-state index < -0.39 is 0 Å². The molecule has 4 nitrogen and oxygen atoms in total. The van der Waals surface area contributed by atoms with Crippen molar-refractivity contribution in [3.8, 4) is 0 Å². The van der Waals surface area contributed by atoms with Crippen molar-refractivity contribution in [1.82, 2.24) is 0 Å². The largest absolute Gasteiger partial charge is 0.509 e. The van der Waals surface area contributed by atoms with Crippen LogP contribution in [0.25, 0.3) is 0 Å². The molecule has 4 heteroatoms. The number of hydrogen-bond donors (Lipinski definition) is 3. The van der Waals surface area contributed by atoms with E-state index in [0.29, 0.717) is 0 Å². The lowest BCUT2D eigenvalue weighted by atomic mass is 10.4. The summed E-state index contributed by atoms with van der Waals surface area (Å²) in [4.78, 5) is 3.50. The molecular formula is C4H8O4. The zero-order valence-electron chi connectivity index (χ0n) is 4.46. The highest BCUT2D eigenvalue weighted by Crippen LogP contribution is 1.93. The van der Waals surface area contributed by atoms with Crippen molar-refractivity contribution in [1.29, 1.82) is 0 Å². The molecule has 0 aromatic heterocycles. The fourth-order valence-electron chi connectivity index (χ4n) is 0.166. The van der Waals surface area contributed by atoms with Gasteiger partial charge in [-0.15, -0.1) is 0 Å². The van der Waals surface area contributed by atoms with Gasteiger partial charge in [0.15, 0.2) is 5.76 Å². The third kappa shape index (κ3) is 2.44. The summed E-state index contributed by atoms with van der Waals surface area (Å²) in [6.45, 7) is 0.913. The topological polar surface area (TPSA) is 69.9 Å². The van der Waals surface area contributed by atoms with E-state index in [-0.39, 0.29) is 18.1 Å². The van der Waals surface area contributed by atoms with E-state index in [0.717, 1.165) is 0 Å². The maximum Gasteiger partial charge on any atom is 0.158 e. The van der Waals surface area contributed by atoms with Crippen LogP contribution < -0.4 is 0 Å². The molecule has 8 heavy (non-hydrogen) atoms. The predicted octanol–water partition coefficient (Wildman–Crippen LogP) is 0.823. The van der Waals surface area contributed by atoms with E-state index in [1.54, 1.807) is 0 Å². The quantitative estimate of drug-likeness (QED) is 0.286. The summed E-state index contributed by atoms with van der Waals surface area (Å²) >= 11 is 0. The fourth-order valence-corrected chi connectivity index (χ4v) is 0.166. The van der Waals surface area contributed by atoms with Crippen molar-refractivity contribution < 1.29 is 20.4 Å². The summed E-state index contributed by atoms with van der Waals surface area (Å²) < 4.78 is 0. The van der Waals surface area contributed by atoms with Crippen LogP contribution in [0, 0.1) is 0 Å². The molecule has 0 bridgehead atoms. The van der Waals surface area contributed by atoms with Crippen LogP contribution in [-0.2, 0) is 4.89 Å². The molecule has 3 N–H and O–H groups in total. The monoisotopic (exact) mass is 120 g/mol. The molecule has 0 unspecified atom stereocenters. The average molecular weight is 120 g/mol. The van der Waals surface area contributed by atoms with E-state index in [1.807, 2.05) is 0 Å². The molecule has 0 aliphatic heterocycles. The molecule has 0 radical (unpaired) electrons. The van der Waals surface area contributed by atoms with Crippen molar-refractivity contribution in [2.75, 3.05) is 6.61 Å². The molecule has 0 rings (SSSR count). The van der Waals surface area contributed by atoms with E-state index in [4.69, 9.17) is 15.5 Å². The van der Waals surface area contributed by atoms with Crippen molar-refractivity contribution in [3.63, 3.8) is 0 Å². The molecule has 0 saturated heterocycles. The minimum absolute atomic E-state index is 0.251. The lowest BCUT2D eigenvalue weighted by Gasteiger charge is -1.95. The molecule has 0 spiro atoms. The van der Waals surface area contributed by atoms with Gasteiger partial charge >= 0.3 is 0 Å². The second-order valence-electron chi connectivity index (χ2n) is 1.31. The summed E-state index contributed by atoms with van der Waals surface area (Å²) in [5.74, 6) is -0.619. The molecule has 0 aromatic rings. The first-order valence-electron chi connectivity index (χ1n) is 2.02. The number of allylic oxidation sites excluding steroid dienone is 1. The summed E-state index contributed by atoms with van der Waals surface area (Å²) in [5, 5.41) is 24.5. The first-order chi connectivity index (χ1) is 3.68. The first-order valence-corrected chi connectivity index (χ1v) is 2.02. The molecule has 0 aliphatic carbocycles. The Kier molecular flexibility index (Phi) is 2.98. The van der Waals surface area contributed by atoms with Crippen molar-refractivity contribution in [3.05, 3.63) is 11.5 Å². The van der Waals surface area contributed by atoms with Crippen molar-refractivity contribution in [2.45, 2.75) is 6.92 Å². The molecule has 0 heterocycles. The fraction of sp³-hybridized carbons (Fsp3) is 0.500. The highest BCUT2D eigenvalue weighted by atomic mass is 17.1. The zero-order valence-corrected chi connectivity index (χ0v) is 4.46. The Morgan fingerprint density at radius 1 is 1.50 bits per heavy atom. The maximum absolute atomic E-state index is 8.47. The highest BCUT2D eigenvalue weighted by molar-refractivity contribution is 4.94. The molecule has 0 fully saturated rings. The second kappa shape index (κ2) is 3.29. The van der Waals surface area contributed by atoms with Crippen molar-refractivity contribution in [2.24, 2.45) is 0 Å². The summed E-state index contributed by atoms with van der Waals surface area (Å²) in [7, 11) is 0. The highest BCUT2D eigenvalue weighted by Gasteiger charge is 1.95. The molecule has 0 atom stereocenters. The van der Waals surface area contributed by atoms with Gasteiger partial charge < -0.3 is 10.2 Å².